The van der Waals surface area contributed by atoms with Crippen LogP contribution in [-0.4, -0.2) is 33.9 Å². The first-order valence-electron chi connectivity index (χ1n) is 10.0. The molecule has 1 aromatic carbocycles. The number of halogens is 1. The number of benzene rings is 1. The van der Waals surface area contributed by atoms with Crippen LogP contribution in [-0.2, 0) is 6.42 Å². The zero-order valence-electron chi connectivity index (χ0n) is 16.5. The number of aromatic nitrogens is 2. The molecule has 4 rings (SSSR count). The number of amides is 1. The first-order chi connectivity index (χ1) is 14.1. The highest BCUT2D eigenvalue weighted by atomic mass is 35.5. The van der Waals surface area contributed by atoms with E-state index in [1.807, 2.05) is 30.0 Å². The van der Waals surface area contributed by atoms with Crippen LogP contribution in [0, 0.1) is 6.92 Å². The average molecular weight is 406 g/mol. The van der Waals surface area contributed by atoms with E-state index in [-0.39, 0.29) is 11.8 Å². The number of aryl methyl sites for hydroxylation is 1. The maximum absolute atomic E-state index is 12.9. The molecule has 0 saturated carbocycles. The number of rotatable bonds is 4. The Kier molecular flexibility index (Phi) is 5.91. The minimum absolute atomic E-state index is 0.0704. The molecule has 3 aromatic rings. The Hall–Kier alpha value is -2.72. The molecule has 0 aliphatic carbocycles. The van der Waals surface area contributed by atoms with Crippen LogP contribution in [0.3, 0.4) is 0 Å². The van der Waals surface area contributed by atoms with Crippen molar-refractivity contribution in [1.29, 1.82) is 0 Å². The molecule has 1 aliphatic rings. The molecule has 5 heteroatoms. The highest BCUT2D eigenvalue weighted by Gasteiger charge is 2.26. The van der Waals surface area contributed by atoms with Crippen molar-refractivity contribution in [1.82, 2.24) is 14.9 Å². The highest BCUT2D eigenvalue weighted by Crippen LogP contribution is 2.28. The number of pyridine rings is 2. The second kappa shape index (κ2) is 8.75. The monoisotopic (exact) mass is 405 g/mol. The molecular weight excluding hydrogens is 382 g/mol. The average Bonchev–Trinajstić information content (AvgIpc) is 2.75. The molecule has 148 valence electrons. The van der Waals surface area contributed by atoms with E-state index in [4.69, 9.17) is 16.6 Å². The van der Waals surface area contributed by atoms with Crippen LogP contribution in [0.5, 0.6) is 0 Å². The van der Waals surface area contributed by atoms with Crippen LogP contribution < -0.4 is 0 Å². The summed E-state index contributed by atoms with van der Waals surface area (Å²) in [6.07, 6.45) is 6.14. The predicted molar refractivity (Wildman–Crippen MR) is 115 cm³/mol. The van der Waals surface area contributed by atoms with Crippen LogP contribution in [0.4, 0.5) is 0 Å². The van der Waals surface area contributed by atoms with E-state index in [1.165, 1.54) is 5.56 Å². The van der Waals surface area contributed by atoms with Gasteiger partial charge in [-0.1, -0.05) is 29.8 Å². The van der Waals surface area contributed by atoms with Crippen LogP contribution >= 0.6 is 11.6 Å². The molecule has 0 N–H and O–H groups in total. The lowest BCUT2D eigenvalue weighted by molar-refractivity contribution is 0.0705. The molecule has 0 radical (unpaired) electrons. The van der Waals surface area contributed by atoms with E-state index in [1.54, 1.807) is 24.5 Å². The summed E-state index contributed by atoms with van der Waals surface area (Å²) < 4.78 is 0. The highest BCUT2D eigenvalue weighted by molar-refractivity contribution is 6.31. The van der Waals surface area contributed by atoms with Gasteiger partial charge in [-0.3, -0.25) is 14.8 Å². The van der Waals surface area contributed by atoms with Gasteiger partial charge in [0.05, 0.1) is 0 Å². The summed E-state index contributed by atoms with van der Waals surface area (Å²) in [7, 11) is 0. The normalized spacial score (nSPS) is 16.6. The molecule has 3 heterocycles. The first kappa shape index (κ1) is 19.6. The molecule has 2 aromatic heterocycles. The third-order valence-electron chi connectivity index (χ3n) is 5.44. The van der Waals surface area contributed by atoms with Gasteiger partial charge in [0.2, 0.25) is 0 Å². The van der Waals surface area contributed by atoms with Gasteiger partial charge < -0.3 is 4.90 Å². The Morgan fingerprint density at radius 3 is 2.76 bits per heavy atom. The van der Waals surface area contributed by atoms with Crippen molar-refractivity contribution < 1.29 is 4.79 Å². The lowest BCUT2D eigenvalue weighted by Crippen LogP contribution is -2.39. The Morgan fingerprint density at radius 1 is 1.17 bits per heavy atom. The fraction of sp³-hybridized carbons (Fsp3) is 0.292. The summed E-state index contributed by atoms with van der Waals surface area (Å²) in [6, 6.07) is 15.8. The van der Waals surface area contributed by atoms with Crippen molar-refractivity contribution in [3.05, 3.63) is 94.0 Å². The van der Waals surface area contributed by atoms with Crippen molar-refractivity contribution in [2.45, 2.75) is 32.1 Å². The van der Waals surface area contributed by atoms with E-state index in [0.717, 1.165) is 47.8 Å². The van der Waals surface area contributed by atoms with Gasteiger partial charge in [-0.25, -0.2) is 0 Å². The van der Waals surface area contributed by atoms with Gasteiger partial charge in [0.25, 0.3) is 5.91 Å². The van der Waals surface area contributed by atoms with Crippen molar-refractivity contribution in [3.8, 4) is 0 Å². The van der Waals surface area contributed by atoms with E-state index >= 15 is 0 Å². The maximum atomic E-state index is 12.9. The SMILES string of the molecule is Cc1cc(Cc2ccccc2Cl)cc([C@H]2CCCN(C(=O)c3ccncc3)C2)n1. The lowest BCUT2D eigenvalue weighted by Gasteiger charge is -2.33. The van der Waals surface area contributed by atoms with E-state index < -0.39 is 0 Å². The van der Waals surface area contributed by atoms with Crippen LogP contribution in [0.15, 0.2) is 60.9 Å². The molecule has 29 heavy (non-hydrogen) atoms. The molecule has 4 nitrogen and oxygen atoms in total. The summed E-state index contributed by atoms with van der Waals surface area (Å²) in [5, 5.41) is 0.787. The summed E-state index contributed by atoms with van der Waals surface area (Å²) in [6.45, 7) is 3.52. The second-order valence-electron chi connectivity index (χ2n) is 7.64. The molecule has 1 fully saturated rings. The number of likely N-dealkylation sites (tertiary alicyclic amines) is 1. The van der Waals surface area contributed by atoms with Crippen molar-refractivity contribution >= 4 is 17.5 Å². The third kappa shape index (κ3) is 4.65. The molecule has 0 unspecified atom stereocenters. The topological polar surface area (TPSA) is 46.1 Å². The fourth-order valence-corrected chi connectivity index (χ4v) is 4.22. The minimum atomic E-state index is 0.0704. The van der Waals surface area contributed by atoms with Gasteiger partial charge in [0.1, 0.15) is 0 Å². The summed E-state index contributed by atoms with van der Waals surface area (Å²) >= 11 is 6.35. The number of carbonyl (C=O) groups excluding carboxylic acids is 1. The molecule has 1 amide bonds. The van der Waals surface area contributed by atoms with Crippen LogP contribution in [0.2, 0.25) is 5.02 Å². The number of hydrogen-bond acceptors (Lipinski definition) is 3. The van der Waals surface area contributed by atoms with Crippen LogP contribution in [0.25, 0.3) is 0 Å². The molecule has 0 spiro atoms. The largest absolute Gasteiger partial charge is 0.338 e. The standard InChI is InChI=1S/C24H24ClN3O/c1-17-13-18(14-20-5-2-3-7-22(20)25)15-23(27-17)21-6-4-12-28(16-21)24(29)19-8-10-26-11-9-19/h2-3,5,7-11,13,15,21H,4,6,12,14,16H2,1H3/t21-/m0/s1. The fourth-order valence-electron chi connectivity index (χ4n) is 4.02. The van der Waals surface area contributed by atoms with E-state index in [2.05, 4.69) is 23.2 Å². The Bertz CT molecular complexity index is 1010. The predicted octanol–water partition coefficient (Wildman–Crippen LogP) is 5.05. The van der Waals surface area contributed by atoms with Crippen molar-refractivity contribution in [3.63, 3.8) is 0 Å². The quantitative estimate of drug-likeness (QED) is 0.610. The van der Waals surface area contributed by atoms with Crippen LogP contribution in [0.1, 0.15) is 51.6 Å². The Morgan fingerprint density at radius 2 is 1.97 bits per heavy atom. The third-order valence-corrected chi connectivity index (χ3v) is 5.81. The number of hydrogen-bond donors (Lipinski definition) is 0. The number of piperidine rings is 1. The minimum Gasteiger partial charge on any atom is -0.338 e. The van der Waals surface area contributed by atoms with E-state index in [9.17, 15) is 4.79 Å². The second-order valence-corrected chi connectivity index (χ2v) is 8.04. The lowest BCUT2D eigenvalue weighted by atomic mass is 9.92. The van der Waals surface area contributed by atoms with Gasteiger partial charge in [-0.05, 0) is 67.6 Å². The van der Waals surface area contributed by atoms with Gasteiger partial charge in [-0.2, -0.15) is 0 Å². The number of nitrogens with zero attached hydrogens (tertiary/aromatic N) is 3. The molecule has 1 atom stereocenters. The van der Waals surface area contributed by atoms with Gasteiger partial charge >= 0.3 is 0 Å². The maximum Gasteiger partial charge on any atom is 0.253 e. The summed E-state index contributed by atoms with van der Waals surface area (Å²) in [5.74, 6) is 0.320. The van der Waals surface area contributed by atoms with Gasteiger partial charge in [0, 0.05) is 53.4 Å². The zero-order valence-corrected chi connectivity index (χ0v) is 17.3. The van der Waals surface area contributed by atoms with E-state index in [0.29, 0.717) is 12.1 Å². The zero-order chi connectivity index (χ0) is 20.2. The summed E-state index contributed by atoms with van der Waals surface area (Å²) in [4.78, 5) is 23.6. The molecule has 0 bridgehead atoms. The number of carbonyl (C=O) groups is 1. The van der Waals surface area contributed by atoms with Gasteiger partial charge in [0.15, 0.2) is 0 Å². The molecular formula is C24H24ClN3O. The molecule has 1 aliphatic heterocycles. The Labute approximate surface area is 176 Å². The van der Waals surface area contributed by atoms with Gasteiger partial charge in [-0.15, -0.1) is 0 Å². The smallest absolute Gasteiger partial charge is 0.253 e. The summed E-state index contributed by atoms with van der Waals surface area (Å²) in [5.41, 5.74) is 5.08. The Balaban J connectivity index is 1.54. The first-order valence-corrected chi connectivity index (χ1v) is 10.4. The van der Waals surface area contributed by atoms with Crippen molar-refractivity contribution in [2.24, 2.45) is 0 Å². The van der Waals surface area contributed by atoms with Crippen molar-refractivity contribution in [2.75, 3.05) is 13.1 Å². The molecule has 1 saturated heterocycles.